The van der Waals surface area contributed by atoms with E-state index in [2.05, 4.69) is 10.6 Å². The van der Waals surface area contributed by atoms with Crippen LogP contribution in [0.15, 0.2) is 0 Å². The van der Waals surface area contributed by atoms with Gasteiger partial charge in [0, 0.05) is 20.1 Å². The first-order valence-electron chi connectivity index (χ1n) is 6.30. The van der Waals surface area contributed by atoms with Crippen molar-refractivity contribution in [3.05, 3.63) is 0 Å². The molecule has 0 aromatic rings. The van der Waals surface area contributed by atoms with Gasteiger partial charge in [-0.2, -0.15) is 0 Å². The minimum absolute atomic E-state index is 0.186. The van der Waals surface area contributed by atoms with Crippen LogP contribution in [0.3, 0.4) is 0 Å². The predicted octanol–water partition coefficient (Wildman–Crippen LogP) is 0.200. The molecule has 3 N–H and O–H groups in total. The molecule has 1 aliphatic heterocycles. The van der Waals surface area contributed by atoms with Crippen molar-refractivity contribution in [1.29, 1.82) is 0 Å². The summed E-state index contributed by atoms with van der Waals surface area (Å²) in [6.07, 6.45) is 0.705. The number of urea groups is 1. The van der Waals surface area contributed by atoms with Gasteiger partial charge in [-0.3, -0.25) is 0 Å². The number of hydrogen-bond acceptors (Lipinski definition) is 4. The maximum absolute atomic E-state index is 11.7. The summed E-state index contributed by atoms with van der Waals surface area (Å²) in [5, 5.41) is 14.1. The number of aliphatic carboxylic acids is 1. The molecule has 1 unspecified atom stereocenters. The van der Waals surface area contributed by atoms with Crippen molar-refractivity contribution in [2.45, 2.75) is 31.9 Å². The van der Waals surface area contributed by atoms with E-state index in [0.717, 1.165) is 0 Å². The minimum Gasteiger partial charge on any atom is -0.480 e. The SMILES string of the molecule is COC1(CNC(=O)N[C@@H](C(=O)O)C(C)C)CCOC1. The number of hydrogen-bond donors (Lipinski definition) is 3. The van der Waals surface area contributed by atoms with Crippen molar-refractivity contribution in [3.8, 4) is 0 Å². The first-order chi connectivity index (χ1) is 8.90. The van der Waals surface area contributed by atoms with Crippen LogP contribution < -0.4 is 10.6 Å². The molecule has 7 heteroatoms. The van der Waals surface area contributed by atoms with Crippen molar-refractivity contribution in [3.63, 3.8) is 0 Å². The van der Waals surface area contributed by atoms with Crippen molar-refractivity contribution in [1.82, 2.24) is 10.6 Å². The molecule has 0 aromatic heterocycles. The van der Waals surface area contributed by atoms with Crippen LogP contribution in [0.2, 0.25) is 0 Å². The van der Waals surface area contributed by atoms with Crippen LogP contribution in [0.1, 0.15) is 20.3 Å². The normalized spacial score (nSPS) is 24.2. The quantitative estimate of drug-likeness (QED) is 0.643. The van der Waals surface area contributed by atoms with Gasteiger partial charge in [0.2, 0.25) is 0 Å². The Bertz CT molecular complexity index is 326. The Morgan fingerprint density at radius 3 is 2.58 bits per heavy atom. The summed E-state index contributed by atoms with van der Waals surface area (Å²) in [6.45, 7) is 4.79. The molecule has 7 nitrogen and oxygen atoms in total. The van der Waals surface area contributed by atoms with E-state index in [4.69, 9.17) is 14.6 Å². The van der Waals surface area contributed by atoms with Crippen LogP contribution in [0, 0.1) is 5.92 Å². The largest absolute Gasteiger partial charge is 0.480 e. The van der Waals surface area contributed by atoms with Gasteiger partial charge in [-0.05, 0) is 5.92 Å². The molecule has 0 aromatic carbocycles. The molecule has 0 radical (unpaired) electrons. The molecule has 0 saturated carbocycles. The molecule has 1 rings (SSSR count). The van der Waals surface area contributed by atoms with Crippen LogP contribution >= 0.6 is 0 Å². The Balaban J connectivity index is 2.44. The number of carbonyl (C=O) groups is 2. The van der Waals surface area contributed by atoms with Gasteiger partial charge in [0.1, 0.15) is 11.6 Å². The zero-order valence-corrected chi connectivity index (χ0v) is 11.6. The number of carboxylic acid groups (broad SMARTS) is 1. The Labute approximate surface area is 112 Å². The second-order valence-corrected chi connectivity index (χ2v) is 5.08. The maximum atomic E-state index is 11.7. The number of nitrogens with one attached hydrogen (secondary N) is 2. The highest BCUT2D eigenvalue weighted by Gasteiger charge is 2.35. The molecular formula is C12H22N2O5. The average Bonchev–Trinajstić information content (AvgIpc) is 2.82. The smallest absolute Gasteiger partial charge is 0.326 e. The van der Waals surface area contributed by atoms with E-state index < -0.39 is 23.6 Å². The molecule has 2 amide bonds. The van der Waals surface area contributed by atoms with Gasteiger partial charge in [0.25, 0.3) is 0 Å². The third kappa shape index (κ3) is 4.36. The van der Waals surface area contributed by atoms with E-state index >= 15 is 0 Å². The second-order valence-electron chi connectivity index (χ2n) is 5.08. The van der Waals surface area contributed by atoms with E-state index in [-0.39, 0.29) is 5.92 Å². The van der Waals surface area contributed by atoms with E-state index in [0.29, 0.717) is 26.2 Å². The van der Waals surface area contributed by atoms with Crippen LogP contribution in [-0.4, -0.2) is 55.6 Å². The van der Waals surface area contributed by atoms with Gasteiger partial charge in [0.15, 0.2) is 0 Å². The fourth-order valence-electron chi connectivity index (χ4n) is 1.91. The number of carbonyl (C=O) groups excluding carboxylic acids is 1. The maximum Gasteiger partial charge on any atom is 0.326 e. The number of amides is 2. The first kappa shape index (κ1) is 15.7. The summed E-state index contributed by atoms with van der Waals surface area (Å²) in [7, 11) is 1.57. The number of methoxy groups -OCH3 is 1. The fraction of sp³-hybridized carbons (Fsp3) is 0.833. The molecule has 110 valence electrons. The Morgan fingerprint density at radius 1 is 1.47 bits per heavy atom. The van der Waals surface area contributed by atoms with E-state index in [1.807, 2.05) is 0 Å². The molecule has 1 aliphatic rings. The molecule has 1 saturated heterocycles. The third-order valence-corrected chi connectivity index (χ3v) is 3.29. The minimum atomic E-state index is -1.05. The van der Waals surface area contributed by atoms with Gasteiger partial charge in [-0.1, -0.05) is 13.8 Å². The molecular weight excluding hydrogens is 252 g/mol. The van der Waals surface area contributed by atoms with Gasteiger partial charge in [-0.25, -0.2) is 9.59 Å². The van der Waals surface area contributed by atoms with Gasteiger partial charge < -0.3 is 25.2 Å². The Kier molecular flexibility index (Phi) is 5.56. The van der Waals surface area contributed by atoms with Crippen LogP contribution in [-0.2, 0) is 14.3 Å². The van der Waals surface area contributed by atoms with Crippen molar-refractivity contribution in [2.24, 2.45) is 5.92 Å². The Hall–Kier alpha value is -1.34. The van der Waals surface area contributed by atoms with Crippen molar-refractivity contribution in [2.75, 3.05) is 26.9 Å². The summed E-state index contributed by atoms with van der Waals surface area (Å²) in [5.41, 5.74) is -0.506. The van der Waals surface area contributed by atoms with Gasteiger partial charge in [0.05, 0.1) is 13.2 Å². The third-order valence-electron chi connectivity index (χ3n) is 3.29. The summed E-state index contributed by atoms with van der Waals surface area (Å²) >= 11 is 0. The topological polar surface area (TPSA) is 96.9 Å². The highest BCUT2D eigenvalue weighted by atomic mass is 16.5. The van der Waals surface area contributed by atoms with Crippen molar-refractivity contribution >= 4 is 12.0 Å². The lowest BCUT2D eigenvalue weighted by Gasteiger charge is -2.26. The molecule has 0 bridgehead atoms. The predicted molar refractivity (Wildman–Crippen MR) is 68.0 cm³/mol. The van der Waals surface area contributed by atoms with Crippen molar-refractivity contribution < 1.29 is 24.2 Å². The van der Waals surface area contributed by atoms with Crippen LogP contribution in [0.25, 0.3) is 0 Å². The van der Waals surface area contributed by atoms with E-state index in [1.165, 1.54) is 0 Å². The molecule has 1 fully saturated rings. The van der Waals surface area contributed by atoms with Crippen LogP contribution in [0.4, 0.5) is 4.79 Å². The Morgan fingerprint density at radius 2 is 2.16 bits per heavy atom. The molecule has 0 spiro atoms. The van der Waals surface area contributed by atoms with Crippen LogP contribution in [0.5, 0.6) is 0 Å². The van der Waals surface area contributed by atoms with E-state index in [9.17, 15) is 9.59 Å². The summed E-state index contributed by atoms with van der Waals surface area (Å²) in [6, 6.07) is -1.41. The lowest BCUT2D eigenvalue weighted by atomic mass is 10.0. The summed E-state index contributed by atoms with van der Waals surface area (Å²) < 4.78 is 10.6. The zero-order chi connectivity index (χ0) is 14.5. The molecule has 1 heterocycles. The van der Waals surface area contributed by atoms with E-state index in [1.54, 1.807) is 21.0 Å². The lowest BCUT2D eigenvalue weighted by Crippen LogP contribution is -2.52. The number of ether oxygens (including phenoxy) is 2. The zero-order valence-electron chi connectivity index (χ0n) is 11.6. The fourth-order valence-corrected chi connectivity index (χ4v) is 1.91. The summed E-state index contributed by atoms with van der Waals surface area (Å²) in [5.74, 6) is -1.23. The average molecular weight is 274 g/mol. The molecule has 2 atom stereocenters. The highest BCUT2D eigenvalue weighted by Crippen LogP contribution is 2.21. The monoisotopic (exact) mass is 274 g/mol. The second kappa shape index (κ2) is 6.72. The highest BCUT2D eigenvalue weighted by molar-refractivity contribution is 5.82. The first-order valence-corrected chi connectivity index (χ1v) is 6.30. The lowest BCUT2D eigenvalue weighted by molar-refractivity contribution is -0.140. The standard InChI is InChI=1S/C12H22N2O5/c1-8(2)9(10(15)16)14-11(17)13-6-12(18-3)4-5-19-7-12/h8-9H,4-7H2,1-3H3,(H,15,16)(H2,13,14,17)/t9-,12?/m1/s1. The summed E-state index contributed by atoms with van der Waals surface area (Å²) in [4.78, 5) is 22.7. The molecule has 0 aliphatic carbocycles. The number of rotatable bonds is 6. The van der Waals surface area contributed by atoms with Gasteiger partial charge in [-0.15, -0.1) is 0 Å². The number of carboxylic acids is 1. The van der Waals surface area contributed by atoms with Gasteiger partial charge >= 0.3 is 12.0 Å². The molecule has 19 heavy (non-hydrogen) atoms.